The van der Waals surface area contributed by atoms with E-state index in [0.29, 0.717) is 25.9 Å². The Morgan fingerprint density at radius 3 is 2.64 bits per heavy atom. The number of likely N-dealkylation sites (tertiary alicyclic amines) is 1. The summed E-state index contributed by atoms with van der Waals surface area (Å²) in [6.45, 7) is 2.23. The van der Waals surface area contributed by atoms with E-state index in [9.17, 15) is 14.4 Å². The van der Waals surface area contributed by atoms with E-state index in [1.54, 1.807) is 4.90 Å². The van der Waals surface area contributed by atoms with Gasteiger partial charge in [0.25, 0.3) is 0 Å². The Morgan fingerprint density at radius 1 is 1.07 bits per heavy atom. The van der Waals surface area contributed by atoms with E-state index < -0.39 is 6.04 Å². The van der Waals surface area contributed by atoms with Crippen molar-refractivity contribution in [3.05, 3.63) is 24.0 Å². The van der Waals surface area contributed by atoms with E-state index in [0.717, 1.165) is 44.3 Å². The van der Waals surface area contributed by atoms with Gasteiger partial charge in [-0.3, -0.25) is 14.4 Å². The smallest absolute Gasteiger partial charge is 0.249 e. The zero-order valence-electron chi connectivity index (χ0n) is 16.4. The summed E-state index contributed by atoms with van der Waals surface area (Å²) in [6, 6.07) is 3.47. The first-order chi connectivity index (χ1) is 13.6. The highest BCUT2D eigenvalue weighted by atomic mass is 16.2. The van der Waals surface area contributed by atoms with Crippen LogP contribution in [0.3, 0.4) is 0 Å². The summed E-state index contributed by atoms with van der Waals surface area (Å²) < 4.78 is 1.88. The molecule has 3 amide bonds. The van der Waals surface area contributed by atoms with Crippen LogP contribution in [0.5, 0.6) is 0 Å². The van der Waals surface area contributed by atoms with Gasteiger partial charge in [0.2, 0.25) is 17.7 Å². The monoisotopic (exact) mass is 386 g/mol. The Morgan fingerprint density at radius 2 is 1.89 bits per heavy atom. The molecule has 3 heterocycles. The molecule has 1 atom stereocenters. The number of nitrogens with zero attached hydrogens (tertiary/aromatic N) is 3. The topological polar surface area (TPSA) is 74.7 Å². The molecule has 1 aliphatic carbocycles. The van der Waals surface area contributed by atoms with Gasteiger partial charge in [0, 0.05) is 38.3 Å². The minimum absolute atomic E-state index is 0.0276. The molecular weight excluding hydrogens is 356 g/mol. The van der Waals surface area contributed by atoms with Crippen molar-refractivity contribution in [2.75, 3.05) is 19.6 Å². The lowest BCUT2D eigenvalue weighted by molar-refractivity contribution is -0.144. The van der Waals surface area contributed by atoms with E-state index in [1.165, 1.54) is 6.42 Å². The molecular formula is C21H30N4O3. The molecule has 0 bridgehead atoms. The Labute approximate surface area is 166 Å². The molecule has 1 aromatic rings. The van der Waals surface area contributed by atoms with Crippen molar-refractivity contribution in [3.8, 4) is 0 Å². The molecule has 0 spiro atoms. The normalized spacial score (nSPS) is 23.2. The number of carbonyl (C=O) groups is 3. The van der Waals surface area contributed by atoms with Gasteiger partial charge in [-0.1, -0.05) is 19.3 Å². The molecule has 152 valence electrons. The molecule has 7 nitrogen and oxygen atoms in total. The van der Waals surface area contributed by atoms with Crippen LogP contribution in [0.2, 0.25) is 0 Å². The van der Waals surface area contributed by atoms with E-state index in [2.05, 4.69) is 5.32 Å². The van der Waals surface area contributed by atoms with Crippen LogP contribution in [-0.4, -0.2) is 57.8 Å². The van der Waals surface area contributed by atoms with Gasteiger partial charge in [-0.25, -0.2) is 0 Å². The van der Waals surface area contributed by atoms with Crippen molar-refractivity contribution < 1.29 is 14.4 Å². The Hall–Kier alpha value is -2.31. The van der Waals surface area contributed by atoms with E-state index in [4.69, 9.17) is 0 Å². The molecule has 0 radical (unpaired) electrons. The summed E-state index contributed by atoms with van der Waals surface area (Å²) in [5.41, 5.74) is 0.880. The Bertz CT molecular complexity index is 738. The SMILES string of the molecule is O=C(NC1CCCCC1)C1c2cccn2CC(=O)N1CCCN1CCCC1=O. The van der Waals surface area contributed by atoms with E-state index >= 15 is 0 Å². The number of hydrogen-bond donors (Lipinski definition) is 1. The van der Waals surface area contributed by atoms with Crippen LogP contribution in [0, 0.1) is 0 Å². The number of hydrogen-bond acceptors (Lipinski definition) is 3. The average molecular weight is 386 g/mol. The van der Waals surface area contributed by atoms with Crippen LogP contribution >= 0.6 is 0 Å². The maximum Gasteiger partial charge on any atom is 0.249 e. The van der Waals surface area contributed by atoms with Crippen LogP contribution in [-0.2, 0) is 20.9 Å². The minimum Gasteiger partial charge on any atom is -0.351 e. The Kier molecular flexibility index (Phi) is 5.69. The van der Waals surface area contributed by atoms with Gasteiger partial charge in [-0.15, -0.1) is 0 Å². The van der Waals surface area contributed by atoms with E-state index in [1.807, 2.05) is 27.8 Å². The van der Waals surface area contributed by atoms with Crippen LogP contribution < -0.4 is 5.32 Å². The molecule has 28 heavy (non-hydrogen) atoms. The first-order valence-electron chi connectivity index (χ1n) is 10.7. The fourth-order valence-corrected chi connectivity index (χ4v) is 4.79. The molecule has 1 saturated heterocycles. The molecule has 1 saturated carbocycles. The molecule has 1 unspecified atom stereocenters. The maximum atomic E-state index is 13.2. The summed E-state index contributed by atoms with van der Waals surface area (Å²) in [5.74, 6) is 0.0998. The molecule has 4 rings (SSSR count). The standard InChI is InChI=1S/C21H30N4O3/c26-18-10-5-11-23(18)13-6-14-25-19(27)15-24-12-4-9-17(24)20(25)21(28)22-16-7-2-1-3-8-16/h4,9,12,16,20H,1-3,5-8,10-11,13-15H2,(H,22,28). The second-order valence-electron chi connectivity index (χ2n) is 8.23. The largest absolute Gasteiger partial charge is 0.351 e. The summed E-state index contributed by atoms with van der Waals surface area (Å²) in [6.07, 6.45) is 9.69. The van der Waals surface area contributed by atoms with Crippen LogP contribution in [0.1, 0.15) is 63.1 Å². The lowest BCUT2D eigenvalue weighted by Gasteiger charge is -2.37. The zero-order chi connectivity index (χ0) is 19.5. The lowest BCUT2D eigenvalue weighted by Crippen LogP contribution is -2.51. The lowest BCUT2D eigenvalue weighted by atomic mass is 9.95. The van der Waals surface area contributed by atoms with Crippen molar-refractivity contribution in [2.45, 2.75) is 70.0 Å². The predicted molar refractivity (Wildman–Crippen MR) is 104 cm³/mol. The molecule has 2 aliphatic heterocycles. The van der Waals surface area contributed by atoms with Gasteiger partial charge in [-0.05, 0) is 37.8 Å². The number of rotatable bonds is 6. The van der Waals surface area contributed by atoms with Crippen LogP contribution in [0.4, 0.5) is 0 Å². The highest BCUT2D eigenvalue weighted by Gasteiger charge is 2.38. The number of carbonyl (C=O) groups excluding carboxylic acids is 3. The number of aromatic nitrogens is 1. The first kappa shape index (κ1) is 19.0. The fraction of sp³-hybridized carbons (Fsp3) is 0.667. The van der Waals surface area contributed by atoms with Crippen molar-refractivity contribution in [1.29, 1.82) is 0 Å². The number of nitrogens with one attached hydrogen (secondary N) is 1. The van der Waals surface area contributed by atoms with Gasteiger partial charge in [0.15, 0.2) is 6.04 Å². The van der Waals surface area contributed by atoms with Crippen molar-refractivity contribution >= 4 is 17.7 Å². The van der Waals surface area contributed by atoms with Crippen molar-refractivity contribution in [2.24, 2.45) is 0 Å². The fourth-order valence-electron chi connectivity index (χ4n) is 4.79. The molecule has 1 N–H and O–H groups in total. The Balaban J connectivity index is 1.45. The quantitative estimate of drug-likeness (QED) is 0.811. The molecule has 3 aliphatic rings. The van der Waals surface area contributed by atoms with Gasteiger partial charge in [0.05, 0.1) is 5.69 Å². The highest BCUT2D eigenvalue weighted by molar-refractivity contribution is 5.90. The molecule has 0 aromatic carbocycles. The molecule has 7 heteroatoms. The van der Waals surface area contributed by atoms with Gasteiger partial charge in [-0.2, -0.15) is 0 Å². The van der Waals surface area contributed by atoms with Gasteiger partial charge < -0.3 is 19.7 Å². The summed E-state index contributed by atoms with van der Waals surface area (Å²) in [7, 11) is 0. The third-order valence-corrected chi connectivity index (χ3v) is 6.28. The third kappa shape index (κ3) is 3.93. The predicted octanol–water partition coefficient (Wildman–Crippen LogP) is 1.83. The first-order valence-corrected chi connectivity index (χ1v) is 10.7. The average Bonchev–Trinajstić information content (AvgIpc) is 3.31. The van der Waals surface area contributed by atoms with Crippen LogP contribution in [0.25, 0.3) is 0 Å². The van der Waals surface area contributed by atoms with Crippen LogP contribution in [0.15, 0.2) is 18.3 Å². The minimum atomic E-state index is -0.576. The van der Waals surface area contributed by atoms with Crippen molar-refractivity contribution in [1.82, 2.24) is 19.7 Å². The zero-order valence-corrected chi connectivity index (χ0v) is 16.4. The summed E-state index contributed by atoms with van der Waals surface area (Å²) in [4.78, 5) is 41.4. The molecule has 2 fully saturated rings. The second-order valence-corrected chi connectivity index (χ2v) is 8.23. The summed E-state index contributed by atoms with van der Waals surface area (Å²) in [5, 5.41) is 3.20. The molecule has 1 aromatic heterocycles. The third-order valence-electron chi connectivity index (χ3n) is 6.28. The number of fused-ring (bicyclic) bond motifs is 1. The van der Waals surface area contributed by atoms with Gasteiger partial charge >= 0.3 is 0 Å². The maximum absolute atomic E-state index is 13.2. The summed E-state index contributed by atoms with van der Waals surface area (Å²) >= 11 is 0. The van der Waals surface area contributed by atoms with Gasteiger partial charge in [0.1, 0.15) is 6.54 Å². The second kappa shape index (κ2) is 8.37. The number of amides is 3. The highest BCUT2D eigenvalue weighted by Crippen LogP contribution is 2.28. The van der Waals surface area contributed by atoms with Crippen molar-refractivity contribution in [3.63, 3.8) is 0 Å². The van der Waals surface area contributed by atoms with E-state index in [-0.39, 0.29) is 30.3 Å².